The van der Waals surface area contributed by atoms with Crippen molar-refractivity contribution >= 4 is 29.3 Å². The molecule has 0 unspecified atom stereocenters. The number of methoxy groups -OCH3 is 1. The van der Waals surface area contributed by atoms with Crippen LogP contribution in [-0.2, 0) is 16.0 Å². The summed E-state index contributed by atoms with van der Waals surface area (Å²) in [6.45, 7) is 3.90. The van der Waals surface area contributed by atoms with Crippen molar-refractivity contribution in [2.45, 2.75) is 32.8 Å². The Bertz CT molecular complexity index is 919. The van der Waals surface area contributed by atoms with E-state index in [0.717, 1.165) is 16.8 Å². The molecule has 146 valence electrons. The van der Waals surface area contributed by atoms with E-state index in [1.54, 1.807) is 19.3 Å². The summed E-state index contributed by atoms with van der Waals surface area (Å²) < 4.78 is 11.1. The first-order valence-electron chi connectivity index (χ1n) is 9.21. The van der Waals surface area contributed by atoms with Crippen molar-refractivity contribution < 1.29 is 19.1 Å². The molecule has 2 aromatic rings. The van der Waals surface area contributed by atoms with Crippen molar-refractivity contribution in [3.05, 3.63) is 53.6 Å². The van der Waals surface area contributed by atoms with Gasteiger partial charge in [-0.25, -0.2) is 0 Å². The van der Waals surface area contributed by atoms with Crippen LogP contribution >= 0.6 is 0 Å². The number of fused-ring (bicyclic) bond motifs is 1. The first-order valence-corrected chi connectivity index (χ1v) is 9.21. The summed E-state index contributed by atoms with van der Waals surface area (Å²) in [6, 6.07) is 11.0. The second-order valence-corrected chi connectivity index (χ2v) is 6.82. The quantitative estimate of drug-likeness (QED) is 0.742. The van der Waals surface area contributed by atoms with Crippen LogP contribution in [0.2, 0.25) is 0 Å². The molecule has 2 amide bonds. The number of benzene rings is 2. The molecule has 0 aromatic heterocycles. The van der Waals surface area contributed by atoms with Crippen LogP contribution < -0.4 is 20.1 Å². The number of hydrogen-bond donors (Lipinski definition) is 2. The molecule has 0 atom stereocenters. The Balaban J connectivity index is 1.66. The topological polar surface area (TPSA) is 76.7 Å². The standard InChI is InChI=1S/C22H24N2O4/c1-14(2)28-19-9-4-15(12-20(19)27-3)5-10-21(25)23-17-7-8-18-16(13-17)6-11-22(26)24-18/h4-5,7-10,12-14H,6,11H2,1-3H3,(H,23,25)(H,24,26)/b10-5+. The summed E-state index contributed by atoms with van der Waals surface area (Å²) in [7, 11) is 1.58. The van der Waals surface area contributed by atoms with Gasteiger partial charge in [0.15, 0.2) is 11.5 Å². The van der Waals surface area contributed by atoms with Crippen LogP contribution in [0.25, 0.3) is 6.08 Å². The average molecular weight is 380 g/mol. The molecule has 0 fully saturated rings. The number of rotatable bonds is 6. The molecule has 1 heterocycles. The Labute approximate surface area is 164 Å². The van der Waals surface area contributed by atoms with Gasteiger partial charge in [-0.2, -0.15) is 0 Å². The van der Waals surface area contributed by atoms with Crippen LogP contribution in [-0.4, -0.2) is 25.0 Å². The third-order valence-corrected chi connectivity index (χ3v) is 4.25. The zero-order valence-corrected chi connectivity index (χ0v) is 16.2. The largest absolute Gasteiger partial charge is 0.493 e. The van der Waals surface area contributed by atoms with E-state index in [4.69, 9.17) is 9.47 Å². The minimum atomic E-state index is -0.235. The summed E-state index contributed by atoms with van der Waals surface area (Å²) >= 11 is 0. The van der Waals surface area contributed by atoms with Gasteiger partial charge in [0.05, 0.1) is 13.2 Å². The lowest BCUT2D eigenvalue weighted by atomic mass is 10.0. The maximum Gasteiger partial charge on any atom is 0.248 e. The molecule has 0 radical (unpaired) electrons. The van der Waals surface area contributed by atoms with Crippen molar-refractivity contribution in [3.8, 4) is 11.5 Å². The fourth-order valence-electron chi connectivity index (χ4n) is 2.96. The Morgan fingerprint density at radius 1 is 1.14 bits per heavy atom. The van der Waals surface area contributed by atoms with Crippen LogP contribution in [0.3, 0.4) is 0 Å². The number of anilines is 2. The molecular weight excluding hydrogens is 356 g/mol. The zero-order chi connectivity index (χ0) is 20.1. The molecule has 28 heavy (non-hydrogen) atoms. The van der Waals surface area contributed by atoms with Crippen LogP contribution in [0.1, 0.15) is 31.4 Å². The van der Waals surface area contributed by atoms with E-state index in [1.807, 2.05) is 44.2 Å². The second kappa shape index (κ2) is 8.61. The summed E-state index contributed by atoms with van der Waals surface area (Å²) in [5.74, 6) is 1.07. The predicted molar refractivity (Wildman–Crippen MR) is 110 cm³/mol. The van der Waals surface area contributed by atoms with E-state index < -0.39 is 0 Å². The van der Waals surface area contributed by atoms with E-state index in [1.165, 1.54) is 6.08 Å². The van der Waals surface area contributed by atoms with E-state index >= 15 is 0 Å². The van der Waals surface area contributed by atoms with Gasteiger partial charge in [0.25, 0.3) is 0 Å². The molecule has 1 aliphatic heterocycles. The highest BCUT2D eigenvalue weighted by Gasteiger charge is 2.15. The third-order valence-electron chi connectivity index (χ3n) is 4.25. The molecule has 6 heteroatoms. The average Bonchev–Trinajstić information content (AvgIpc) is 2.67. The lowest BCUT2D eigenvalue weighted by molar-refractivity contribution is -0.116. The lowest BCUT2D eigenvalue weighted by Gasteiger charge is -2.17. The van der Waals surface area contributed by atoms with Gasteiger partial charge in [-0.15, -0.1) is 0 Å². The van der Waals surface area contributed by atoms with Crippen LogP contribution in [0.15, 0.2) is 42.5 Å². The molecule has 0 saturated carbocycles. The smallest absolute Gasteiger partial charge is 0.248 e. The molecule has 0 aliphatic carbocycles. The van der Waals surface area contributed by atoms with E-state index in [-0.39, 0.29) is 17.9 Å². The van der Waals surface area contributed by atoms with Crippen molar-refractivity contribution in [1.29, 1.82) is 0 Å². The molecular formula is C22H24N2O4. The van der Waals surface area contributed by atoms with Crippen molar-refractivity contribution in [2.24, 2.45) is 0 Å². The summed E-state index contributed by atoms with van der Waals surface area (Å²) in [6.07, 6.45) is 4.37. The fourth-order valence-corrected chi connectivity index (χ4v) is 2.96. The highest BCUT2D eigenvalue weighted by Crippen LogP contribution is 2.29. The summed E-state index contributed by atoms with van der Waals surface area (Å²) in [5, 5.41) is 5.67. The van der Waals surface area contributed by atoms with E-state index in [2.05, 4.69) is 10.6 Å². The molecule has 0 bridgehead atoms. The first-order chi connectivity index (χ1) is 13.4. The van der Waals surface area contributed by atoms with Gasteiger partial charge < -0.3 is 20.1 Å². The highest BCUT2D eigenvalue weighted by molar-refractivity contribution is 6.02. The number of carbonyl (C=O) groups is 2. The first kappa shape index (κ1) is 19.5. The van der Waals surface area contributed by atoms with Crippen LogP contribution in [0, 0.1) is 0 Å². The SMILES string of the molecule is COc1cc(/C=C/C(=O)Nc2ccc3c(c2)CCC(=O)N3)ccc1OC(C)C. The van der Waals surface area contributed by atoms with E-state index in [0.29, 0.717) is 30.0 Å². The molecule has 3 rings (SSSR count). The van der Waals surface area contributed by atoms with Gasteiger partial charge in [0.2, 0.25) is 11.8 Å². The Morgan fingerprint density at radius 3 is 2.71 bits per heavy atom. The molecule has 0 spiro atoms. The molecule has 2 N–H and O–H groups in total. The lowest BCUT2D eigenvalue weighted by Crippen LogP contribution is -2.19. The fraction of sp³-hybridized carbons (Fsp3) is 0.273. The number of nitrogens with one attached hydrogen (secondary N) is 2. The zero-order valence-electron chi connectivity index (χ0n) is 16.2. The molecule has 6 nitrogen and oxygen atoms in total. The molecule has 2 aromatic carbocycles. The normalized spacial score (nSPS) is 13.2. The van der Waals surface area contributed by atoms with Crippen LogP contribution in [0.4, 0.5) is 11.4 Å². The monoisotopic (exact) mass is 380 g/mol. The van der Waals surface area contributed by atoms with Crippen molar-refractivity contribution in [3.63, 3.8) is 0 Å². The van der Waals surface area contributed by atoms with E-state index in [9.17, 15) is 9.59 Å². The van der Waals surface area contributed by atoms with Crippen molar-refractivity contribution in [2.75, 3.05) is 17.7 Å². The van der Waals surface area contributed by atoms with Gasteiger partial charge in [-0.05, 0) is 67.8 Å². The van der Waals surface area contributed by atoms with Gasteiger partial charge in [-0.3, -0.25) is 9.59 Å². The highest BCUT2D eigenvalue weighted by atomic mass is 16.5. The number of amides is 2. The Hall–Kier alpha value is -3.28. The van der Waals surface area contributed by atoms with Gasteiger partial charge >= 0.3 is 0 Å². The number of carbonyl (C=O) groups excluding carboxylic acids is 2. The van der Waals surface area contributed by atoms with Gasteiger partial charge in [0.1, 0.15) is 0 Å². The maximum atomic E-state index is 12.2. The number of aryl methyl sites for hydroxylation is 1. The van der Waals surface area contributed by atoms with Gasteiger partial charge in [-0.1, -0.05) is 6.07 Å². The summed E-state index contributed by atoms with van der Waals surface area (Å²) in [4.78, 5) is 23.7. The van der Waals surface area contributed by atoms with Crippen molar-refractivity contribution in [1.82, 2.24) is 0 Å². The van der Waals surface area contributed by atoms with Gasteiger partial charge in [0, 0.05) is 23.9 Å². The maximum absolute atomic E-state index is 12.2. The minimum Gasteiger partial charge on any atom is -0.493 e. The Morgan fingerprint density at radius 2 is 1.96 bits per heavy atom. The second-order valence-electron chi connectivity index (χ2n) is 6.82. The number of hydrogen-bond acceptors (Lipinski definition) is 4. The molecule has 0 saturated heterocycles. The molecule has 1 aliphatic rings. The summed E-state index contributed by atoms with van der Waals surface area (Å²) in [5.41, 5.74) is 3.35. The minimum absolute atomic E-state index is 0.0208. The van der Waals surface area contributed by atoms with Crippen LogP contribution in [0.5, 0.6) is 11.5 Å². The predicted octanol–water partition coefficient (Wildman–Crippen LogP) is 4.02. The number of ether oxygens (including phenoxy) is 2. The Kier molecular flexibility index (Phi) is 5.99. The third kappa shape index (κ3) is 4.91.